The molecule has 0 amide bonds. The Kier molecular flexibility index (Phi) is 10.3. The molecule has 0 aromatic heterocycles. The molecule has 198 valence electrons. The van der Waals surface area contributed by atoms with E-state index < -0.39 is 11.6 Å². The molecule has 0 bridgehead atoms. The summed E-state index contributed by atoms with van der Waals surface area (Å²) in [6.07, 6.45) is 18.6. The highest BCUT2D eigenvalue weighted by Crippen LogP contribution is 2.44. The van der Waals surface area contributed by atoms with Gasteiger partial charge in [-0.15, -0.1) is 0 Å². The highest BCUT2D eigenvalue weighted by molar-refractivity contribution is 5.31. The van der Waals surface area contributed by atoms with Crippen LogP contribution in [0.25, 0.3) is 0 Å². The van der Waals surface area contributed by atoms with Crippen molar-refractivity contribution < 1.29 is 18.3 Å². The fourth-order valence-corrected chi connectivity index (χ4v) is 7.04. The third-order valence-corrected chi connectivity index (χ3v) is 9.59. The molecule has 1 aromatic rings. The van der Waals surface area contributed by atoms with Gasteiger partial charge in [0.2, 0.25) is 5.82 Å². The molecule has 3 aliphatic rings. The zero-order valence-electron chi connectivity index (χ0n) is 22.2. The van der Waals surface area contributed by atoms with Crippen LogP contribution in [0.4, 0.5) is 8.78 Å². The Bertz CT molecular complexity index is 757. The molecule has 0 spiro atoms. The van der Waals surface area contributed by atoms with Gasteiger partial charge in [0.05, 0.1) is 12.7 Å². The van der Waals surface area contributed by atoms with Crippen molar-refractivity contribution in [2.24, 2.45) is 29.6 Å². The lowest BCUT2D eigenvalue weighted by Crippen LogP contribution is -2.35. The Morgan fingerprint density at radius 3 is 2.09 bits per heavy atom. The van der Waals surface area contributed by atoms with Crippen molar-refractivity contribution >= 4 is 0 Å². The van der Waals surface area contributed by atoms with Gasteiger partial charge in [0.1, 0.15) is 0 Å². The van der Waals surface area contributed by atoms with Crippen molar-refractivity contribution in [2.45, 2.75) is 116 Å². The number of unbranched alkanes of at least 4 members (excludes halogenated alkanes) is 1. The van der Waals surface area contributed by atoms with Crippen LogP contribution in [0.15, 0.2) is 12.1 Å². The van der Waals surface area contributed by atoms with E-state index in [1.807, 2.05) is 6.92 Å². The highest BCUT2D eigenvalue weighted by atomic mass is 19.2. The van der Waals surface area contributed by atoms with Gasteiger partial charge in [-0.2, -0.15) is 4.39 Å². The van der Waals surface area contributed by atoms with E-state index >= 15 is 0 Å². The van der Waals surface area contributed by atoms with Crippen LogP contribution < -0.4 is 4.74 Å². The Labute approximate surface area is 212 Å². The quantitative estimate of drug-likeness (QED) is 0.305. The Balaban J connectivity index is 1.16. The van der Waals surface area contributed by atoms with E-state index in [1.54, 1.807) is 12.1 Å². The molecule has 4 heteroatoms. The first-order valence-electron chi connectivity index (χ1n) is 14.8. The van der Waals surface area contributed by atoms with Crippen LogP contribution in [0.2, 0.25) is 0 Å². The smallest absolute Gasteiger partial charge is 0.200 e. The molecule has 2 nitrogen and oxygen atoms in total. The normalized spacial score (nSPS) is 31.9. The molecule has 2 unspecified atom stereocenters. The topological polar surface area (TPSA) is 18.5 Å². The van der Waals surface area contributed by atoms with Gasteiger partial charge in [0, 0.05) is 6.61 Å². The van der Waals surface area contributed by atoms with E-state index in [4.69, 9.17) is 9.47 Å². The molecule has 35 heavy (non-hydrogen) atoms. The van der Waals surface area contributed by atoms with E-state index in [0.29, 0.717) is 30.6 Å². The fraction of sp³-hybridized carbons (Fsp3) is 0.806. The summed E-state index contributed by atoms with van der Waals surface area (Å²) in [6.45, 7) is 5.59. The minimum Gasteiger partial charge on any atom is -0.490 e. The van der Waals surface area contributed by atoms with Crippen LogP contribution in [-0.4, -0.2) is 19.3 Å². The average molecular weight is 491 g/mol. The Morgan fingerprint density at radius 2 is 1.46 bits per heavy atom. The zero-order valence-corrected chi connectivity index (χ0v) is 22.2. The second kappa shape index (κ2) is 13.4. The zero-order chi connectivity index (χ0) is 24.6. The predicted molar refractivity (Wildman–Crippen MR) is 139 cm³/mol. The Morgan fingerprint density at radius 1 is 0.800 bits per heavy atom. The lowest BCUT2D eigenvalue weighted by atomic mass is 9.68. The van der Waals surface area contributed by atoms with Crippen molar-refractivity contribution in [3.63, 3.8) is 0 Å². The molecule has 1 heterocycles. The van der Waals surface area contributed by atoms with E-state index in [1.165, 1.54) is 57.8 Å². The van der Waals surface area contributed by atoms with Gasteiger partial charge in [-0.3, -0.25) is 0 Å². The standard InChI is InChI=1S/C31H48F2O2/c1-3-5-20-34-29-19-17-27(30(32)31(29)33)12-8-23-9-18-28(35-21-23)26-15-13-25(14-16-26)24-10-6-22(4-2)7-11-24/h17,19,22-26,28H,3-16,18,20-21H2,1-2H3. The second-order valence-corrected chi connectivity index (χ2v) is 11.8. The summed E-state index contributed by atoms with van der Waals surface area (Å²) in [5.74, 6) is 2.56. The van der Waals surface area contributed by atoms with Gasteiger partial charge in [0.15, 0.2) is 11.6 Å². The van der Waals surface area contributed by atoms with E-state index in [0.717, 1.165) is 62.4 Å². The van der Waals surface area contributed by atoms with E-state index in [-0.39, 0.29) is 5.75 Å². The van der Waals surface area contributed by atoms with Crippen molar-refractivity contribution in [1.82, 2.24) is 0 Å². The number of halogens is 2. The first-order chi connectivity index (χ1) is 17.1. The molecule has 2 atom stereocenters. The average Bonchev–Trinajstić information content (AvgIpc) is 2.91. The Hall–Kier alpha value is -1.16. The molecule has 0 N–H and O–H groups in total. The summed E-state index contributed by atoms with van der Waals surface area (Å²) in [5.41, 5.74) is 0.457. The number of benzene rings is 1. The minimum atomic E-state index is -0.840. The summed E-state index contributed by atoms with van der Waals surface area (Å²) in [5, 5.41) is 0. The number of rotatable bonds is 10. The van der Waals surface area contributed by atoms with Crippen LogP contribution in [0.5, 0.6) is 5.75 Å². The van der Waals surface area contributed by atoms with Crippen LogP contribution in [0.3, 0.4) is 0 Å². The maximum Gasteiger partial charge on any atom is 0.200 e. The van der Waals surface area contributed by atoms with Gasteiger partial charge >= 0.3 is 0 Å². The van der Waals surface area contributed by atoms with Crippen molar-refractivity contribution in [3.8, 4) is 5.75 Å². The monoisotopic (exact) mass is 490 g/mol. The van der Waals surface area contributed by atoms with Gasteiger partial charge in [-0.05, 0) is 112 Å². The van der Waals surface area contributed by atoms with Gasteiger partial charge in [-0.25, -0.2) is 4.39 Å². The number of hydrogen-bond acceptors (Lipinski definition) is 2. The van der Waals surface area contributed by atoms with Gasteiger partial charge < -0.3 is 9.47 Å². The number of aryl methyl sites for hydroxylation is 1. The summed E-state index contributed by atoms with van der Waals surface area (Å²) in [6, 6.07) is 3.28. The molecule has 2 aliphatic carbocycles. The maximum absolute atomic E-state index is 14.5. The van der Waals surface area contributed by atoms with E-state index in [2.05, 4.69) is 6.92 Å². The van der Waals surface area contributed by atoms with Crippen LogP contribution in [-0.2, 0) is 11.2 Å². The molecule has 0 radical (unpaired) electrons. The maximum atomic E-state index is 14.5. The highest BCUT2D eigenvalue weighted by Gasteiger charge is 2.35. The summed E-state index contributed by atoms with van der Waals surface area (Å²) in [7, 11) is 0. The third-order valence-electron chi connectivity index (χ3n) is 9.59. The molecular formula is C31H48F2O2. The van der Waals surface area contributed by atoms with Crippen molar-refractivity contribution in [2.75, 3.05) is 13.2 Å². The number of hydrogen-bond donors (Lipinski definition) is 0. The second-order valence-electron chi connectivity index (χ2n) is 11.8. The molecule has 3 fully saturated rings. The summed E-state index contributed by atoms with van der Waals surface area (Å²) >= 11 is 0. The molecule has 1 saturated heterocycles. The lowest BCUT2D eigenvalue weighted by Gasteiger charge is -2.41. The number of ether oxygens (including phenoxy) is 2. The molecule has 1 aliphatic heterocycles. The molecule has 2 saturated carbocycles. The predicted octanol–water partition coefficient (Wildman–Crippen LogP) is 8.89. The van der Waals surface area contributed by atoms with Crippen molar-refractivity contribution in [3.05, 3.63) is 29.3 Å². The van der Waals surface area contributed by atoms with Crippen LogP contribution >= 0.6 is 0 Å². The SMILES string of the molecule is CCCCOc1ccc(CCC2CCC(C3CCC(C4CCC(CC)CC4)CC3)OC2)c(F)c1F. The minimum absolute atomic E-state index is 0.0342. The van der Waals surface area contributed by atoms with Crippen molar-refractivity contribution in [1.29, 1.82) is 0 Å². The molecular weight excluding hydrogens is 442 g/mol. The lowest BCUT2D eigenvalue weighted by molar-refractivity contribution is -0.0617. The summed E-state index contributed by atoms with van der Waals surface area (Å²) < 4.78 is 40.7. The first-order valence-corrected chi connectivity index (χ1v) is 14.8. The fourth-order valence-electron chi connectivity index (χ4n) is 7.04. The van der Waals surface area contributed by atoms with Gasteiger partial charge in [0.25, 0.3) is 0 Å². The largest absolute Gasteiger partial charge is 0.490 e. The van der Waals surface area contributed by atoms with Crippen LogP contribution in [0, 0.1) is 41.2 Å². The van der Waals surface area contributed by atoms with E-state index in [9.17, 15) is 8.78 Å². The first kappa shape index (κ1) is 26.9. The van der Waals surface area contributed by atoms with Gasteiger partial charge in [-0.1, -0.05) is 45.6 Å². The third kappa shape index (κ3) is 7.21. The van der Waals surface area contributed by atoms with Crippen LogP contribution in [0.1, 0.15) is 109 Å². The summed E-state index contributed by atoms with van der Waals surface area (Å²) in [4.78, 5) is 0. The molecule has 4 rings (SSSR count). The molecule has 1 aromatic carbocycles.